The largest absolute Gasteiger partial charge is 0.481 e. The first-order valence-electron chi connectivity index (χ1n) is 25.7. The third-order valence-corrected chi connectivity index (χ3v) is 16.5. The van der Waals surface area contributed by atoms with E-state index in [-0.39, 0.29) is 60.1 Å². The molecule has 6 amide bonds. The average molecular weight is 1030 g/mol. The van der Waals surface area contributed by atoms with Crippen molar-refractivity contribution in [3.05, 3.63) is 48.0 Å². The number of methoxy groups -OCH3 is 2. The van der Waals surface area contributed by atoms with E-state index in [1.54, 1.807) is 54.1 Å². The van der Waals surface area contributed by atoms with Crippen LogP contribution in [0.25, 0.3) is 0 Å². The number of ether oxygens (including phenoxy) is 2. The fourth-order valence-electron chi connectivity index (χ4n) is 10.2. The summed E-state index contributed by atoms with van der Waals surface area (Å²) >= 11 is 0. The maximum Gasteiger partial charge on any atom is 0.313 e. The first kappa shape index (κ1) is 59.6. The molecule has 19 nitrogen and oxygen atoms in total. The summed E-state index contributed by atoms with van der Waals surface area (Å²) in [6, 6.07) is 6.94. The summed E-state index contributed by atoms with van der Waals surface area (Å²) in [4.78, 5) is 116. The van der Waals surface area contributed by atoms with Crippen LogP contribution in [0.5, 0.6) is 0 Å². The number of amides is 6. The number of imide groups is 1. The molecule has 1 aromatic carbocycles. The third-order valence-electron chi connectivity index (χ3n) is 14.5. The maximum atomic E-state index is 14.8. The van der Waals surface area contributed by atoms with Crippen LogP contribution in [0.1, 0.15) is 105 Å². The van der Waals surface area contributed by atoms with Gasteiger partial charge in [0, 0.05) is 91.4 Å². The number of piperazine rings is 1. The number of carbonyl (C=O) groups is 7. The van der Waals surface area contributed by atoms with Crippen LogP contribution in [0.4, 0.5) is 0 Å². The molecule has 0 aliphatic carbocycles. The number of nitrogens with one attached hydrogen (secondary N) is 1. The van der Waals surface area contributed by atoms with Crippen LogP contribution in [0.15, 0.2) is 47.5 Å². The molecule has 2 fully saturated rings. The highest BCUT2D eigenvalue weighted by atomic mass is 31.2. The Morgan fingerprint density at radius 2 is 1.50 bits per heavy atom. The molecule has 3 aliphatic rings. The Balaban J connectivity index is 1.43. The van der Waals surface area contributed by atoms with Gasteiger partial charge in [-0.25, -0.2) is 0 Å². The molecule has 1 unspecified atom stereocenters. The number of likely N-dealkylation sites (N-methyl/N-ethyl adjacent to an activating group) is 1. The van der Waals surface area contributed by atoms with Gasteiger partial charge < -0.3 is 44.4 Å². The number of aliphatic carboxylic acids is 1. The van der Waals surface area contributed by atoms with Crippen LogP contribution < -0.4 is 5.32 Å². The number of aliphatic imine (C=N–C) groups is 1. The maximum absolute atomic E-state index is 14.8. The Bertz CT molecular complexity index is 2110. The predicted molar refractivity (Wildman–Crippen MR) is 274 cm³/mol. The number of hydrogen-bond acceptors (Lipinski definition) is 11. The van der Waals surface area contributed by atoms with Crippen LogP contribution in [-0.2, 0) is 54.0 Å². The van der Waals surface area contributed by atoms with Gasteiger partial charge in [-0.1, -0.05) is 91.6 Å². The van der Waals surface area contributed by atoms with Crippen molar-refractivity contribution in [3.8, 4) is 0 Å². The lowest BCUT2D eigenvalue weighted by molar-refractivity contribution is -0.146. The molecule has 9 atom stereocenters. The van der Waals surface area contributed by atoms with Crippen molar-refractivity contribution >= 4 is 54.6 Å². The number of amidine groups is 1. The van der Waals surface area contributed by atoms with Crippen molar-refractivity contribution in [3.63, 3.8) is 0 Å². The fraction of sp³-hybridized carbons (Fsp3) is 0.692. The van der Waals surface area contributed by atoms with Gasteiger partial charge >= 0.3 is 5.97 Å². The zero-order valence-corrected chi connectivity index (χ0v) is 45.1. The molecule has 0 saturated carbocycles. The van der Waals surface area contributed by atoms with Gasteiger partial charge in [0.1, 0.15) is 23.8 Å². The van der Waals surface area contributed by atoms with Gasteiger partial charge in [-0.2, -0.15) is 0 Å². The van der Waals surface area contributed by atoms with Crippen molar-refractivity contribution in [2.45, 2.75) is 142 Å². The van der Waals surface area contributed by atoms with Crippen molar-refractivity contribution in [2.75, 3.05) is 66.7 Å². The minimum Gasteiger partial charge on any atom is -0.481 e. The summed E-state index contributed by atoms with van der Waals surface area (Å²) in [5.41, 5.74) is 0.643. The van der Waals surface area contributed by atoms with Crippen molar-refractivity contribution < 1.29 is 57.6 Å². The number of likely N-dealkylation sites (tertiary alicyclic amines) is 1. The van der Waals surface area contributed by atoms with E-state index in [1.165, 1.54) is 31.3 Å². The van der Waals surface area contributed by atoms with Crippen LogP contribution in [-0.4, -0.2) is 185 Å². The molecule has 3 heterocycles. The van der Waals surface area contributed by atoms with E-state index < -0.39 is 67.4 Å². The summed E-state index contributed by atoms with van der Waals surface area (Å²) in [5, 5.41) is 12.1. The Kier molecular flexibility index (Phi) is 23.1. The van der Waals surface area contributed by atoms with Gasteiger partial charge in [-0.3, -0.25) is 48.0 Å². The summed E-state index contributed by atoms with van der Waals surface area (Å²) in [5.74, 6) is -4.83. The standard InChI is InChI=1S/C52H82N7O12P/c1-11-36(6)48(55(8)52(67)47(34(2)3)54-50(35(4)5)57-29-27-56(28-30-57)42(60)22-16-13-17-25-59-43(61)23-24-44(59)62)40(70-9)32-45(63)58-26-18-21-39(58)49(71-10)37(7)51(66)53-41(72(68,69)33-46(64)65)31-38-19-14-12-15-20-38/h12,14-15,19-20,23-24,34-37,39-41,47-49H,11,13,16-18,21-22,25-33H2,1-10H3,(H,53,66)(H,64,65)(H,68,69)/b54-50+/t36-,37+,39-,40+,41+,47-,48-,49+/m0/s1. The van der Waals surface area contributed by atoms with Crippen LogP contribution in [0, 0.1) is 23.7 Å². The molecule has 1 aromatic rings. The van der Waals surface area contributed by atoms with Gasteiger partial charge in [-0.05, 0) is 43.1 Å². The Labute approximate surface area is 426 Å². The summed E-state index contributed by atoms with van der Waals surface area (Å²) in [6.07, 6.45) is 4.12. The quantitative estimate of drug-likeness (QED) is 0.0358. The number of rotatable bonds is 27. The van der Waals surface area contributed by atoms with Gasteiger partial charge in [0.05, 0.1) is 36.6 Å². The second-order valence-corrected chi connectivity index (χ2v) is 22.7. The van der Waals surface area contributed by atoms with E-state index in [4.69, 9.17) is 14.5 Å². The topological polar surface area (TPSA) is 236 Å². The molecule has 402 valence electrons. The van der Waals surface area contributed by atoms with Crippen molar-refractivity contribution in [1.29, 1.82) is 0 Å². The van der Waals surface area contributed by atoms with E-state index in [9.17, 15) is 48.1 Å². The average Bonchev–Trinajstić information content (AvgIpc) is 3.96. The third kappa shape index (κ3) is 16.0. The predicted octanol–water partition coefficient (Wildman–Crippen LogP) is 4.66. The van der Waals surface area contributed by atoms with Gasteiger partial charge in [0.25, 0.3) is 11.8 Å². The lowest BCUT2D eigenvalue weighted by atomic mass is 9.89. The second-order valence-electron chi connectivity index (χ2n) is 20.3. The molecular formula is C52H82N7O12P. The van der Waals surface area contributed by atoms with E-state index >= 15 is 0 Å². The van der Waals surface area contributed by atoms with E-state index in [2.05, 4.69) is 10.2 Å². The zero-order chi connectivity index (χ0) is 53.4. The van der Waals surface area contributed by atoms with Gasteiger partial charge in [0.15, 0.2) is 0 Å². The monoisotopic (exact) mass is 1030 g/mol. The molecule has 4 rings (SSSR count). The van der Waals surface area contributed by atoms with E-state index in [1.807, 2.05) is 46.4 Å². The number of carboxylic acids is 1. The smallest absolute Gasteiger partial charge is 0.313 e. The number of unbranched alkanes of at least 4 members (excludes halogenated alkanes) is 2. The van der Waals surface area contributed by atoms with Crippen LogP contribution in [0.3, 0.4) is 0 Å². The fourth-order valence-corrected chi connectivity index (χ4v) is 11.6. The number of nitrogens with zero attached hydrogens (tertiary/aromatic N) is 6. The minimum atomic E-state index is -4.42. The van der Waals surface area contributed by atoms with Gasteiger partial charge in [0.2, 0.25) is 31.0 Å². The summed E-state index contributed by atoms with van der Waals surface area (Å²) in [7, 11) is 0.307. The van der Waals surface area contributed by atoms with Crippen LogP contribution in [0.2, 0.25) is 0 Å². The second kappa shape index (κ2) is 27.9. The molecule has 0 spiro atoms. The first-order chi connectivity index (χ1) is 34.1. The molecule has 0 aromatic heterocycles. The van der Waals surface area contributed by atoms with Crippen molar-refractivity contribution in [2.24, 2.45) is 28.7 Å². The number of hydrogen-bond donors (Lipinski definition) is 3. The summed E-state index contributed by atoms with van der Waals surface area (Å²) in [6.45, 7) is 16.6. The SMILES string of the molecule is CC[C@H](C)[C@@H]([C@@H](CC(=O)N1CCC[C@H]1[C@H](OC)[C@@H](C)C(=O)N[C@@H](Cc1ccccc1)P(=O)(O)CC(=O)O)OC)N(C)C(=O)[C@@H](/N=C(\C(C)C)N1CCN(C(=O)CCCCCN2C(=O)C=CC2=O)CC1)C(C)C. The van der Waals surface area contributed by atoms with Gasteiger partial charge in [-0.15, -0.1) is 0 Å². The Morgan fingerprint density at radius 3 is 2.06 bits per heavy atom. The normalized spacial score (nSPS) is 20.3. The molecule has 0 radical (unpaired) electrons. The highest BCUT2D eigenvalue weighted by molar-refractivity contribution is 7.59. The summed E-state index contributed by atoms with van der Waals surface area (Å²) < 4.78 is 25.4. The van der Waals surface area contributed by atoms with Crippen molar-refractivity contribution in [1.82, 2.24) is 29.8 Å². The Hall–Kier alpha value is -4.97. The first-order valence-corrected chi connectivity index (χ1v) is 27.6. The Morgan fingerprint density at radius 1 is 0.875 bits per heavy atom. The molecule has 0 bridgehead atoms. The van der Waals surface area contributed by atoms with E-state index in [0.29, 0.717) is 83.4 Å². The number of carboxylic acid groups (broad SMARTS) is 1. The number of benzene rings is 1. The zero-order valence-electron chi connectivity index (χ0n) is 44.2. The molecule has 2 saturated heterocycles. The van der Waals surface area contributed by atoms with Crippen LogP contribution >= 0.6 is 7.37 Å². The van der Waals surface area contributed by atoms with E-state index in [0.717, 1.165) is 12.3 Å². The number of carbonyl (C=O) groups excluding carboxylic acids is 6. The highest BCUT2D eigenvalue weighted by Gasteiger charge is 2.44. The lowest BCUT2D eigenvalue weighted by Crippen LogP contribution is -2.55. The minimum absolute atomic E-state index is 0.0203. The highest BCUT2D eigenvalue weighted by Crippen LogP contribution is 2.46. The molecule has 3 aliphatic heterocycles. The molecule has 72 heavy (non-hydrogen) atoms. The molecular weight excluding hydrogens is 946 g/mol. The lowest BCUT2D eigenvalue weighted by Gasteiger charge is -2.41. The molecule has 20 heteroatoms. The molecule has 3 N–H and O–H groups in total.